The number of hydrogen-bond acceptors (Lipinski definition) is 3. The van der Waals surface area contributed by atoms with Crippen molar-refractivity contribution in [1.82, 2.24) is 15.1 Å². The quantitative estimate of drug-likeness (QED) is 0.615. The molecule has 1 N–H and O–H groups in total. The fourth-order valence-electron chi connectivity index (χ4n) is 2.53. The van der Waals surface area contributed by atoms with Crippen molar-refractivity contribution in [1.29, 1.82) is 0 Å². The molecule has 84 valence electrons. The van der Waals surface area contributed by atoms with Crippen molar-refractivity contribution >= 4 is 11.9 Å². The molecular formula is C10H17N3O2. The summed E-state index contributed by atoms with van der Waals surface area (Å²) in [5.74, 6) is 0.256. The van der Waals surface area contributed by atoms with E-state index in [-0.39, 0.29) is 24.5 Å². The molecule has 5 nitrogen and oxygen atoms in total. The van der Waals surface area contributed by atoms with Crippen molar-refractivity contribution < 1.29 is 9.59 Å². The molecular weight excluding hydrogens is 194 g/mol. The molecule has 2 aliphatic rings. The smallest absolute Gasteiger partial charge is 0.312 e. The molecule has 0 aliphatic carbocycles. The first-order valence-electron chi connectivity index (χ1n) is 5.37. The topological polar surface area (TPSA) is 52.6 Å². The van der Waals surface area contributed by atoms with Crippen molar-refractivity contribution in [3.63, 3.8) is 0 Å². The van der Waals surface area contributed by atoms with E-state index in [0.29, 0.717) is 5.92 Å². The highest BCUT2D eigenvalue weighted by Gasteiger charge is 2.37. The lowest BCUT2D eigenvalue weighted by atomic mass is 9.93. The van der Waals surface area contributed by atoms with Crippen molar-refractivity contribution in [3.8, 4) is 0 Å². The minimum atomic E-state index is -0.221. The fourth-order valence-corrected chi connectivity index (χ4v) is 2.53. The highest BCUT2D eigenvalue weighted by atomic mass is 16.2. The molecule has 0 aromatic heterocycles. The maximum atomic E-state index is 11.5. The van der Waals surface area contributed by atoms with Gasteiger partial charge >= 0.3 is 6.03 Å². The number of nitrogens with one attached hydrogen (secondary N) is 1. The van der Waals surface area contributed by atoms with Gasteiger partial charge in [0.05, 0.1) is 0 Å². The van der Waals surface area contributed by atoms with Crippen LogP contribution >= 0.6 is 0 Å². The lowest BCUT2D eigenvalue weighted by Gasteiger charge is -2.38. The number of carbonyl (C=O) groups is 2. The summed E-state index contributed by atoms with van der Waals surface area (Å²) in [5.41, 5.74) is 0. The van der Waals surface area contributed by atoms with Gasteiger partial charge in [-0.25, -0.2) is 4.79 Å². The van der Waals surface area contributed by atoms with Gasteiger partial charge < -0.3 is 9.80 Å². The third-order valence-electron chi connectivity index (χ3n) is 3.28. The van der Waals surface area contributed by atoms with Crippen molar-refractivity contribution in [2.45, 2.75) is 19.4 Å². The van der Waals surface area contributed by atoms with Crippen LogP contribution in [0.15, 0.2) is 0 Å². The largest absolute Gasteiger partial charge is 0.324 e. The van der Waals surface area contributed by atoms with Gasteiger partial charge in [-0.2, -0.15) is 0 Å². The van der Waals surface area contributed by atoms with Crippen molar-refractivity contribution in [3.05, 3.63) is 0 Å². The van der Waals surface area contributed by atoms with E-state index in [2.05, 4.69) is 24.2 Å². The summed E-state index contributed by atoms with van der Waals surface area (Å²) in [6.45, 7) is 4.35. The van der Waals surface area contributed by atoms with E-state index >= 15 is 0 Å². The van der Waals surface area contributed by atoms with Gasteiger partial charge in [-0.3, -0.25) is 10.1 Å². The average molecular weight is 211 g/mol. The third-order valence-corrected chi connectivity index (χ3v) is 3.28. The van der Waals surface area contributed by atoms with E-state index in [1.807, 2.05) is 0 Å². The summed E-state index contributed by atoms with van der Waals surface area (Å²) in [4.78, 5) is 26.5. The minimum Gasteiger partial charge on any atom is -0.312 e. The Morgan fingerprint density at radius 1 is 1.40 bits per heavy atom. The number of piperidine rings is 1. The number of rotatable bonds is 1. The normalized spacial score (nSPS) is 33.3. The lowest BCUT2D eigenvalue weighted by molar-refractivity contribution is -0.118. The van der Waals surface area contributed by atoms with E-state index in [0.717, 1.165) is 19.5 Å². The number of hydrogen-bond donors (Lipinski definition) is 1. The van der Waals surface area contributed by atoms with E-state index in [9.17, 15) is 9.59 Å². The molecule has 0 spiro atoms. The van der Waals surface area contributed by atoms with Gasteiger partial charge in [0.2, 0.25) is 5.91 Å². The lowest BCUT2D eigenvalue weighted by Crippen LogP contribution is -2.50. The van der Waals surface area contributed by atoms with Crippen LogP contribution in [-0.2, 0) is 4.79 Å². The van der Waals surface area contributed by atoms with Gasteiger partial charge in [0.15, 0.2) is 0 Å². The third kappa shape index (κ3) is 1.97. The molecule has 0 radical (unpaired) electrons. The van der Waals surface area contributed by atoms with E-state index < -0.39 is 0 Å². The van der Waals surface area contributed by atoms with E-state index in [1.54, 1.807) is 4.90 Å². The number of nitrogens with zero attached hydrogens (tertiary/aromatic N) is 2. The number of imide groups is 1. The Bertz CT molecular complexity index is 292. The predicted molar refractivity (Wildman–Crippen MR) is 55.3 cm³/mol. The molecule has 0 saturated carbocycles. The monoisotopic (exact) mass is 211 g/mol. The summed E-state index contributed by atoms with van der Waals surface area (Å²) in [6, 6.07) is -0.00551. The summed E-state index contributed by atoms with van der Waals surface area (Å²) in [5, 5.41) is 2.33. The van der Waals surface area contributed by atoms with Gasteiger partial charge in [0, 0.05) is 12.6 Å². The fraction of sp³-hybridized carbons (Fsp3) is 0.800. The number of urea groups is 1. The van der Waals surface area contributed by atoms with Crippen LogP contribution in [-0.4, -0.2) is 54.5 Å². The zero-order valence-electron chi connectivity index (χ0n) is 9.19. The molecule has 2 fully saturated rings. The molecule has 2 unspecified atom stereocenters. The maximum Gasteiger partial charge on any atom is 0.324 e. The van der Waals surface area contributed by atoms with Gasteiger partial charge in [-0.05, 0) is 25.9 Å². The van der Waals surface area contributed by atoms with Crippen LogP contribution < -0.4 is 5.32 Å². The van der Waals surface area contributed by atoms with Crippen LogP contribution in [0.3, 0.4) is 0 Å². The standard InChI is InChI=1S/C10H17N3O2/c1-7-5-12(2)4-3-8(7)13-6-9(14)11-10(13)15/h7-8H,3-6H2,1-2H3,(H,11,14,15). The molecule has 15 heavy (non-hydrogen) atoms. The van der Waals surface area contributed by atoms with Crippen molar-refractivity contribution in [2.75, 3.05) is 26.7 Å². The molecule has 0 bridgehead atoms. The molecule has 2 saturated heterocycles. The highest BCUT2D eigenvalue weighted by molar-refractivity contribution is 6.02. The number of carbonyl (C=O) groups excluding carboxylic acids is 2. The van der Waals surface area contributed by atoms with Crippen LogP contribution in [0.2, 0.25) is 0 Å². The van der Waals surface area contributed by atoms with Crippen LogP contribution in [0.25, 0.3) is 0 Å². The Balaban J connectivity index is 2.04. The van der Waals surface area contributed by atoms with Crippen molar-refractivity contribution in [2.24, 2.45) is 5.92 Å². The number of amides is 3. The molecule has 0 aromatic carbocycles. The molecule has 2 aliphatic heterocycles. The Kier molecular flexibility index (Phi) is 2.65. The molecule has 3 amide bonds. The van der Waals surface area contributed by atoms with Crippen LogP contribution in [0.5, 0.6) is 0 Å². The summed E-state index contributed by atoms with van der Waals surface area (Å²) in [6.07, 6.45) is 0.957. The Hall–Kier alpha value is -1.10. The zero-order valence-corrected chi connectivity index (χ0v) is 9.19. The highest BCUT2D eigenvalue weighted by Crippen LogP contribution is 2.22. The first kappa shape index (κ1) is 10.4. The second-order valence-electron chi connectivity index (χ2n) is 4.58. The summed E-state index contributed by atoms with van der Waals surface area (Å²) >= 11 is 0. The SMILES string of the molecule is CC1CN(C)CCC1N1CC(=O)NC1=O. The van der Waals surface area contributed by atoms with Crippen LogP contribution in [0.4, 0.5) is 4.79 Å². The minimum absolute atomic E-state index is 0.175. The maximum absolute atomic E-state index is 11.5. The second-order valence-corrected chi connectivity index (χ2v) is 4.58. The van der Waals surface area contributed by atoms with Gasteiger partial charge in [-0.1, -0.05) is 6.92 Å². The first-order valence-corrected chi connectivity index (χ1v) is 5.37. The van der Waals surface area contributed by atoms with Gasteiger partial charge in [0.1, 0.15) is 6.54 Å². The van der Waals surface area contributed by atoms with Gasteiger partial charge in [-0.15, -0.1) is 0 Å². The van der Waals surface area contributed by atoms with Crippen LogP contribution in [0.1, 0.15) is 13.3 Å². The van der Waals surface area contributed by atoms with Crippen LogP contribution in [0, 0.1) is 5.92 Å². The Morgan fingerprint density at radius 2 is 2.13 bits per heavy atom. The first-order chi connectivity index (χ1) is 7.08. The summed E-state index contributed by atoms with van der Waals surface area (Å²) in [7, 11) is 2.09. The molecule has 5 heteroatoms. The molecule has 2 heterocycles. The predicted octanol–water partition coefficient (Wildman–Crippen LogP) is -0.122. The summed E-state index contributed by atoms with van der Waals surface area (Å²) < 4.78 is 0. The Morgan fingerprint density at radius 3 is 2.67 bits per heavy atom. The number of likely N-dealkylation sites (tertiary alicyclic amines) is 1. The zero-order chi connectivity index (χ0) is 11.0. The van der Waals surface area contributed by atoms with E-state index in [1.165, 1.54) is 0 Å². The molecule has 0 aromatic rings. The molecule has 2 rings (SSSR count). The Labute approximate surface area is 89.4 Å². The van der Waals surface area contributed by atoms with Gasteiger partial charge in [0.25, 0.3) is 0 Å². The van der Waals surface area contributed by atoms with E-state index in [4.69, 9.17) is 0 Å². The average Bonchev–Trinajstić information content (AvgIpc) is 2.45. The molecule has 2 atom stereocenters. The second kappa shape index (κ2) is 3.81.